The molecule has 0 atom stereocenters. The molecule has 0 aliphatic rings. The van der Waals surface area contributed by atoms with Crippen LogP contribution in [0.15, 0.2) is 41.5 Å². The summed E-state index contributed by atoms with van der Waals surface area (Å²) in [7, 11) is 0. The first-order valence-electron chi connectivity index (χ1n) is 8.25. The van der Waals surface area contributed by atoms with Crippen molar-refractivity contribution in [2.24, 2.45) is 11.0 Å². The van der Waals surface area contributed by atoms with Gasteiger partial charge in [-0.25, -0.2) is 0 Å². The van der Waals surface area contributed by atoms with Crippen LogP contribution in [0.4, 0.5) is 0 Å². The molecule has 0 radical (unpaired) electrons. The third-order valence-electron chi connectivity index (χ3n) is 3.83. The Hall–Kier alpha value is -2.14. The molecule has 0 amide bonds. The van der Waals surface area contributed by atoms with Gasteiger partial charge in [0, 0.05) is 30.0 Å². The third kappa shape index (κ3) is 5.20. The molecule has 0 aliphatic carbocycles. The van der Waals surface area contributed by atoms with Gasteiger partial charge in [0.25, 0.3) is 0 Å². The summed E-state index contributed by atoms with van der Waals surface area (Å²) in [6.07, 6.45) is 1.83. The highest BCUT2D eigenvalue weighted by atomic mass is 32.1. The van der Waals surface area contributed by atoms with Crippen LogP contribution in [0.5, 0.6) is 0 Å². The Morgan fingerprint density at radius 1 is 1.25 bits per heavy atom. The molecule has 0 saturated heterocycles. The lowest BCUT2D eigenvalue weighted by molar-refractivity contribution is 0.509. The lowest BCUT2D eigenvalue weighted by Gasteiger charge is -2.11. The van der Waals surface area contributed by atoms with E-state index >= 15 is 0 Å². The fraction of sp³-hybridized carbons (Fsp3) is 0.368. The number of hydrogen-bond donors (Lipinski definition) is 2. The van der Waals surface area contributed by atoms with E-state index in [0.29, 0.717) is 17.6 Å². The van der Waals surface area contributed by atoms with Gasteiger partial charge in [-0.1, -0.05) is 44.2 Å². The third-order valence-corrected chi connectivity index (χ3v) is 4.06. The fourth-order valence-electron chi connectivity index (χ4n) is 2.58. The standard InChI is InChI=1S/C19H26N4S/c1-14(2)13-23-15(3)10-18(16(23)4)12-21-22-19(24)20-11-17-8-6-5-7-9-17/h5-10,12,14H,11,13H2,1-4H3,(H2,20,22,24)/b21-12+. The Balaban J connectivity index is 1.88. The highest BCUT2D eigenvalue weighted by Gasteiger charge is 2.08. The smallest absolute Gasteiger partial charge is 0.187 e. The first kappa shape index (κ1) is 18.2. The summed E-state index contributed by atoms with van der Waals surface area (Å²) in [6, 6.07) is 12.3. The molecule has 0 spiro atoms. The van der Waals surface area contributed by atoms with Crippen LogP contribution in [-0.2, 0) is 13.1 Å². The van der Waals surface area contributed by atoms with Crippen molar-refractivity contribution in [2.45, 2.75) is 40.8 Å². The summed E-state index contributed by atoms with van der Waals surface area (Å²) in [5.41, 5.74) is 7.67. The summed E-state index contributed by atoms with van der Waals surface area (Å²) in [6.45, 7) is 10.4. The van der Waals surface area contributed by atoms with Crippen molar-refractivity contribution >= 4 is 23.5 Å². The normalized spacial score (nSPS) is 11.2. The number of thiocarbonyl (C=S) groups is 1. The van der Waals surface area contributed by atoms with Gasteiger partial charge in [0.1, 0.15) is 0 Å². The Morgan fingerprint density at radius 2 is 1.96 bits per heavy atom. The second kappa shape index (κ2) is 8.64. The summed E-state index contributed by atoms with van der Waals surface area (Å²) in [5, 5.41) is 7.92. The van der Waals surface area contributed by atoms with Crippen molar-refractivity contribution in [3.05, 3.63) is 58.9 Å². The van der Waals surface area contributed by atoms with E-state index in [2.05, 4.69) is 66.3 Å². The van der Waals surface area contributed by atoms with Gasteiger partial charge in [-0.2, -0.15) is 5.10 Å². The van der Waals surface area contributed by atoms with Crippen molar-refractivity contribution in [1.29, 1.82) is 0 Å². The average Bonchev–Trinajstić information content (AvgIpc) is 2.81. The maximum Gasteiger partial charge on any atom is 0.187 e. The maximum atomic E-state index is 5.25. The zero-order chi connectivity index (χ0) is 17.5. The van der Waals surface area contributed by atoms with E-state index in [4.69, 9.17) is 12.2 Å². The molecule has 24 heavy (non-hydrogen) atoms. The fourth-order valence-corrected chi connectivity index (χ4v) is 2.71. The SMILES string of the molecule is Cc1cc(/C=N/NC(=S)NCc2ccccc2)c(C)n1CC(C)C. The molecule has 1 aromatic carbocycles. The van der Waals surface area contributed by atoms with Gasteiger partial charge < -0.3 is 9.88 Å². The number of nitrogens with one attached hydrogen (secondary N) is 2. The van der Waals surface area contributed by atoms with E-state index in [0.717, 1.165) is 12.1 Å². The summed E-state index contributed by atoms with van der Waals surface area (Å²) in [4.78, 5) is 0. The zero-order valence-electron chi connectivity index (χ0n) is 14.8. The van der Waals surface area contributed by atoms with Crippen LogP contribution in [0, 0.1) is 19.8 Å². The predicted molar refractivity (Wildman–Crippen MR) is 105 cm³/mol. The number of rotatable bonds is 6. The Labute approximate surface area is 150 Å². The van der Waals surface area contributed by atoms with Crippen molar-refractivity contribution in [2.75, 3.05) is 0 Å². The van der Waals surface area contributed by atoms with Crippen LogP contribution >= 0.6 is 12.2 Å². The van der Waals surface area contributed by atoms with Crippen molar-refractivity contribution in [1.82, 2.24) is 15.3 Å². The molecule has 0 saturated carbocycles. The molecule has 1 heterocycles. The molecule has 4 nitrogen and oxygen atoms in total. The number of benzene rings is 1. The van der Waals surface area contributed by atoms with E-state index in [9.17, 15) is 0 Å². The Kier molecular flexibility index (Phi) is 6.55. The predicted octanol–water partition coefficient (Wildman–Crippen LogP) is 3.76. The molecule has 0 bridgehead atoms. The lowest BCUT2D eigenvalue weighted by Crippen LogP contribution is -2.31. The molecule has 2 aromatic rings. The molecule has 0 fully saturated rings. The van der Waals surface area contributed by atoms with Gasteiger partial charge in [-0.15, -0.1) is 0 Å². The summed E-state index contributed by atoms with van der Waals surface area (Å²) in [5.74, 6) is 0.618. The largest absolute Gasteiger partial charge is 0.357 e. The molecule has 128 valence electrons. The highest BCUT2D eigenvalue weighted by molar-refractivity contribution is 7.80. The number of hydrazone groups is 1. The Bertz CT molecular complexity index is 702. The van der Waals surface area contributed by atoms with Gasteiger partial charge in [0.05, 0.1) is 6.21 Å². The minimum Gasteiger partial charge on any atom is -0.357 e. The highest BCUT2D eigenvalue weighted by Crippen LogP contribution is 2.15. The van der Waals surface area contributed by atoms with E-state index in [-0.39, 0.29) is 0 Å². The maximum absolute atomic E-state index is 5.25. The van der Waals surface area contributed by atoms with Crippen LogP contribution in [0.25, 0.3) is 0 Å². The van der Waals surface area contributed by atoms with Gasteiger partial charge in [0.15, 0.2) is 5.11 Å². The second-order valence-corrected chi connectivity index (χ2v) is 6.78. The summed E-state index contributed by atoms with van der Waals surface area (Å²) >= 11 is 5.25. The van der Waals surface area contributed by atoms with Gasteiger partial charge in [-0.05, 0) is 43.6 Å². The quantitative estimate of drug-likeness (QED) is 0.477. The van der Waals surface area contributed by atoms with Crippen LogP contribution in [0.2, 0.25) is 0 Å². The van der Waals surface area contributed by atoms with Gasteiger partial charge in [0.2, 0.25) is 0 Å². The molecule has 0 aliphatic heterocycles. The molecular weight excluding hydrogens is 316 g/mol. The number of aromatic nitrogens is 1. The topological polar surface area (TPSA) is 41.4 Å². The minimum atomic E-state index is 0.520. The Morgan fingerprint density at radius 3 is 2.62 bits per heavy atom. The molecule has 5 heteroatoms. The monoisotopic (exact) mass is 342 g/mol. The molecule has 2 rings (SSSR count). The molecular formula is C19H26N4S. The summed E-state index contributed by atoms with van der Waals surface area (Å²) < 4.78 is 2.33. The van der Waals surface area contributed by atoms with Gasteiger partial charge >= 0.3 is 0 Å². The van der Waals surface area contributed by atoms with Crippen molar-refractivity contribution < 1.29 is 0 Å². The van der Waals surface area contributed by atoms with Crippen molar-refractivity contribution in [3.63, 3.8) is 0 Å². The van der Waals surface area contributed by atoms with E-state index in [1.165, 1.54) is 17.0 Å². The zero-order valence-corrected chi connectivity index (χ0v) is 15.7. The first-order valence-corrected chi connectivity index (χ1v) is 8.65. The van der Waals surface area contributed by atoms with E-state index in [1.54, 1.807) is 0 Å². The van der Waals surface area contributed by atoms with Crippen LogP contribution < -0.4 is 10.7 Å². The minimum absolute atomic E-state index is 0.520. The molecule has 2 N–H and O–H groups in total. The van der Waals surface area contributed by atoms with Gasteiger partial charge in [-0.3, -0.25) is 5.43 Å². The van der Waals surface area contributed by atoms with Crippen LogP contribution in [-0.4, -0.2) is 15.9 Å². The first-order chi connectivity index (χ1) is 11.5. The van der Waals surface area contributed by atoms with E-state index in [1.807, 2.05) is 24.4 Å². The van der Waals surface area contributed by atoms with Crippen molar-refractivity contribution in [3.8, 4) is 0 Å². The second-order valence-electron chi connectivity index (χ2n) is 6.37. The molecule has 0 unspecified atom stereocenters. The number of nitrogens with zero attached hydrogens (tertiary/aromatic N) is 2. The van der Waals surface area contributed by atoms with Crippen LogP contribution in [0.1, 0.15) is 36.4 Å². The average molecular weight is 343 g/mol. The number of hydrogen-bond acceptors (Lipinski definition) is 2. The number of aryl methyl sites for hydroxylation is 1. The van der Waals surface area contributed by atoms with E-state index < -0.39 is 0 Å². The lowest BCUT2D eigenvalue weighted by atomic mass is 10.2. The molecule has 1 aromatic heterocycles. The van der Waals surface area contributed by atoms with Crippen LogP contribution in [0.3, 0.4) is 0 Å².